The van der Waals surface area contributed by atoms with Crippen LogP contribution in [0.15, 0.2) is 11.3 Å². The van der Waals surface area contributed by atoms with Gasteiger partial charge in [-0.15, -0.1) is 0 Å². The van der Waals surface area contributed by atoms with Gasteiger partial charge >= 0.3 is 5.97 Å². The van der Waals surface area contributed by atoms with E-state index in [2.05, 4.69) is 4.90 Å². The molecule has 0 aromatic rings. The molecule has 3 rings (SSSR count). The van der Waals surface area contributed by atoms with E-state index in [1.54, 1.807) is 6.92 Å². The maximum absolute atomic E-state index is 12.2. The second kappa shape index (κ2) is 5.10. The van der Waals surface area contributed by atoms with Crippen LogP contribution in [-0.2, 0) is 9.59 Å². The third-order valence-corrected chi connectivity index (χ3v) is 5.11. The topological polar surface area (TPSA) is 81.1 Å². The number of fused-ring (bicyclic) bond motifs is 1. The molecule has 3 aliphatic heterocycles. The SMILES string of the molecule is C[C@@H](O)[C@H]1C(=O)N2C(C(=O)O)=C(CN3CCCC3)[C@H](C)[C@H]12. The molecule has 0 aromatic heterocycles. The average molecular weight is 294 g/mol. The number of nitrogens with zero attached hydrogens (tertiary/aromatic N) is 2. The first-order valence-electron chi connectivity index (χ1n) is 7.63. The van der Waals surface area contributed by atoms with Gasteiger partial charge in [0.05, 0.1) is 18.1 Å². The van der Waals surface area contributed by atoms with Gasteiger partial charge in [0.2, 0.25) is 5.91 Å². The molecule has 0 aliphatic carbocycles. The largest absolute Gasteiger partial charge is 0.477 e. The number of carboxylic acids is 1. The molecule has 0 bridgehead atoms. The fourth-order valence-electron chi connectivity index (χ4n) is 4.04. The van der Waals surface area contributed by atoms with Crippen LogP contribution >= 0.6 is 0 Å². The van der Waals surface area contributed by atoms with Gasteiger partial charge in [0, 0.05) is 12.5 Å². The molecule has 0 radical (unpaired) electrons. The quantitative estimate of drug-likeness (QED) is 0.728. The van der Waals surface area contributed by atoms with Gasteiger partial charge in [0.1, 0.15) is 5.70 Å². The summed E-state index contributed by atoms with van der Waals surface area (Å²) in [7, 11) is 0. The molecule has 0 aromatic carbocycles. The molecule has 6 nitrogen and oxygen atoms in total. The lowest BCUT2D eigenvalue weighted by Crippen LogP contribution is -2.63. The number of aliphatic hydroxyl groups is 1. The third kappa shape index (κ3) is 2.08. The van der Waals surface area contributed by atoms with Crippen LogP contribution in [0.4, 0.5) is 0 Å². The number of carbonyl (C=O) groups is 2. The molecule has 3 heterocycles. The van der Waals surface area contributed by atoms with E-state index in [4.69, 9.17) is 0 Å². The highest BCUT2D eigenvalue weighted by Gasteiger charge is 2.59. The smallest absolute Gasteiger partial charge is 0.352 e. The van der Waals surface area contributed by atoms with Gasteiger partial charge in [0.15, 0.2) is 0 Å². The fraction of sp³-hybridized carbons (Fsp3) is 0.733. The zero-order chi connectivity index (χ0) is 15.3. The summed E-state index contributed by atoms with van der Waals surface area (Å²) in [5, 5.41) is 19.3. The Morgan fingerprint density at radius 3 is 2.52 bits per heavy atom. The van der Waals surface area contributed by atoms with Gasteiger partial charge in [0.25, 0.3) is 0 Å². The fourth-order valence-corrected chi connectivity index (χ4v) is 4.04. The second-order valence-corrected chi connectivity index (χ2v) is 6.42. The Kier molecular flexibility index (Phi) is 3.53. The highest BCUT2D eigenvalue weighted by molar-refractivity contribution is 6.00. The first kappa shape index (κ1) is 14.5. The molecule has 6 heteroatoms. The molecule has 2 saturated heterocycles. The van der Waals surface area contributed by atoms with Crippen molar-refractivity contribution in [2.24, 2.45) is 11.8 Å². The molecule has 3 aliphatic rings. The number of carbonyl (C=O) groups excluding carboxylic acids is 1. The van der Waals surface area contributed by atoms with Crippen molar-refractivity contribution in [1.29, 1.82) is 0 Å². The van der Waals surface area contributed by atoms with Crippen molar-refractivity contribution in [2.75, 3.05) is 19.6 Å². The van der Waals surface area contributed by atoms with Crippen LogP contribution in [-0.4, -0.2) is 63.7 Å². The van der Waals surface area contributed by atoms with Crippen LogP contribution in [0.1, 0.15) is 26.7 Å². The van der Waals surface area contributed by atoms with Crippen LogP contribution in [0.5, 0.6) is 0 Å². The summed E-state index contributed by atoms with van der Waals surface area (Å²) in [4.78, 5) is 27.4. The molecule has 0 unspecified atom stereocenters. The summed E-state index contributed by atoms with van der Waals surface area (Å²) < 4.78 is 0. The molecule has 2 N–H and O–H groups in total. The van der Waals surface area contributed by atoms with E-state index in [-0.39, 0.29) is 23.6 Å². The van der Waals surface area contributed by atoms with Gasteiger partial charge in [-0.25, -0.2) is 4.79 Å². The van der Waals surface area contributed by atoms with Gasteiger partial charge in [-0.3, -0.25) is 9.69 Å². The number of likely N-dealkylation sites (tertiary alicyclic amines) is 1. The normalized spacial score (nSPS) is 34.1. The van der Waals surface area contributed by atoms with Crippen LogP contribution in [0.25, 0.3) is 0 Å². The number of amides is 1. The van der Waals surface area contributed by atoms with Crippen molar-refractivity contribution in [3.8, 4) is 0 Å². The lowest BCUT2D eigenvalue weighted by Gasteiger charge is -2.46. The van der Waals surface area contributed by atoms with Gasteiger partial charge in [-0.05, 0) is 38.4 Å². The first-order chi connectivity index (χ1) is 9.93. The maximum atomic E-state index is 12.2. The molecule has 0 saturated carbocycles. The Balaban J connectivity index is 1.89. The lowest BCUT2D eigenvalue weighted by atomic mass is 9.77. The Labute approximate surface area is 124 Å². The molecular formula is C15H22N2O4. The molecule has 1 amide bonds. The molecule has 116 valence electrons. The Hall–Kier alpha value is -1.40. The zero-order valence-corrected chi connectivity index (χ0v) is 12.5. The van der Waals surface area contributed by atoms with Gasteiger partial charge in [-0.1, -0.05) is 6.92 Å². The minimum Gasteiger partial charge on any atom is -0.477 e. The molecule has 4 atom stereocenters. The van der Waals surface area contributed by atoms with Crippen molar-refractivity contribution in [1.82, 2.24) is 9.80 Å². The molecule has 2 fully saturated rings. The van der Waals surface area contributed by atoms with Crippen molar-refractivity contribution >= 4 is 11.9 Å². The van der Waals surface area contributed by atoms with E-state index in [1.165, 1.54) is 4.90 Å². The van der Waals surface area contributed by atoms with E-state index < -0.39 is 18.0 Å². The minimum absolute atomic E-state index is 0.00556. The van der Waals surface area contributed by atoms with Crippen molar-refractivity contribution in [3.05, 3.63) is 11.3 Å². The van der Waals surface area contributed by atoms with E-state index in [9.17, 15) is 19.8 Å². The number of rotatable bonds is 4. The lowest BCUT2D eigenvalue weighted by molar-refractivity contribution is -0.163. The standard InChI is InChI=1S/C15H22N2O4/c1-8-10(7-16-5-3-4-6-16)13(15(20)21)17-12(8)11(9(2)18)14(17)19/h8-9,11-12,18H,3-7H2,1-2H3,(H,20,21)/t8-,9+,11+,12+/m0/s1. The Bertz CT molecular complexity index is 508. The molecular weight excluding hydrogens is 272 g/mol. The van der Waals surface area contributed by atoms with Crippen molar-refractivity contribution in [3.63, 3.8) is 0 Å². The summed E-state index contributed by atoms with van der Waals surface area (Å²) >= 11 is 0. The predicted molar refractivity (Wildman–Crippen MR) is 75.3 cm³/mol. The van der Waals surface area contributed by atoms with E-state index in [0.717, 1.165) is 31.5 Å². The third-order valence-electron chi connectivity index (χ3n) is 5.11. The number of hydrogen-bond acceptors (Lipinski definition) is 4. The number of β-lactam (4-membered cyclic amide) rings is 1. The van der Waals surface area contributed by atoms with Crippen LogP contribution in [0.3, 0.4) is 0 Å². The predicted octanol–water partition coefficient (Wildman–Crippen LogP) is 0.278. The van der Waals surface area contributed by atoms with Crippen LogP contribution in [0, 0.1) is 11.8 Å². The van der Waals surface area contributed by atoms with E-state index >= 15 is 0 Å². The minimum atomic E-state index is -1.03. The maximum Gasteiger partial charge on any atom is 0.352 e. The van der Waals surface area contributed by atoms with Crippen molar-refractivity contribution in [2.45, 2.75) is 38.8 Å². The second-order valence-electron chi connectivity index (χ2n) is 6.42. The number of aliphatic carboxylic acids is 1. The zero-order valence-electron chi connectivity index (χ0n) is 12.5. The summed E-state index contributed by atoms with van der Waals surface area (Å²) in [5.74, 6) is -1.76. The monoisotopic (exact) mass is 294 g/mol. The number of carboxylic acid groups (broad SMARTS) is 1. The Morgan fingerprint density at radius 2 is 2.00 bits per heavy atom. The highest BCUT2D eigenvalue weighted by Crippen LogP contribution is 2.47. The van der Waals surface area contributed by atoms with Gasteiger partial charge < -0.3 is 15.1 Å². The summed E-state index contributed by atoms with van der Waals surface area (Å²) in [6, 6.07) is -0.193. The summed E-state index contributed by atoms with van der Waals surface area (Å²) in [6.07, 6.45) is 1.56. The number of hydrogen-bond donors (Lipinski definition) is 2. The summed E-state index contributed by atoms with van der Waals surface area (Å²) in [6.45, 7) is 6.17. The van der Waals surface area contributed by atoms with E-state index in [1.807, 2.05) is 6.92 Å². The van der Waals surface area contributed by atoms with E-state index in [0.29, 0.717) is 6.54 Å². The van der Waals surface area contributed by atoms with Crippen LogP contribution < -0.4 is 0 Å². The first-order valence-corrected chi connectivity index (χ1v) is 7.63. The molecule has 21 heavy (non-hydrogen) atoms. The highest BCUT2D eigenvalue weighted by atomic mass is 16.4. The van der Waals surface area contributed by atoms with Crippen LogP contribution in [0.2, 0.25) is 0 Å². The average Bonchev–Trinajstić information content (AvgIpc) is 2.97. The van der Waals surface area contributed by atoms with Gasteiger partial charge in [-0.2, -0.15) is 0 Å². The Morgan fingerprint density at radius 1 is 1.38 bits per heavy atom. The number of aliphatic hydroxyl groups excluding tert-OH is 1. The molecule has 0 spiro atoms. The summed E-state index contributed by atoms with van der Waals surface area (Å²) in [5.41, 5.74) is 0.993. The van der Waals surface area contributed by atoms with Crippen molar-refractivity contribution < 1.29 is 19.8 Å².